The van der Waals surface area contributed by atoms with E-state index >= 15 is 0 Å². The second-order valence-electron chi connectivity index (χ2n) is 15.0. The number of hydrogen-bond donors (Lipinski definition) is 2. The van der Waals surface area contributed by atoms with E-state index in [-0.39, 0.29) is 42.1 Å². The van der Waals surface area contributed by atoms with Crippen LogP contribution in [0.2, 0.25) is 0 Å². The Kier molecular flexibility index (Phi) is 10.2. The van der Waals surface area contributed by atoms with E-state index < -0.39 is 21.5 Å². The molecule has 0 saturated carbocycles. The molecule has 1 unspecified atom stereocenters. The molecule has 4 aromatic carbocycles. The Bertz CT molecular complexity index is 2410. The summed E-state index contributed by atoms with van der Waals surface area (Å²) in [5.41, 5.74) is 7.81. The van der Waals surface area contributed by atoms with Gasteiger partial charge in [-0.2, -0.15) is 8.42 Å². The number of hydrogen-bond acceptors (Lipinski definition) is 9. The summed E-state index contributed by atoms with van der Waals surface area (Å²) < 4.78 is 59.1. The van der Waals surface area contributed by atoms with Crippen molar-refractivity contribution in [3.63, 3.8) is 0 Å². The van der Waals surface area contributed by atoms with Crippen molar-refractivity contribution >= 4 is 38.8 Å². The van der Waals surface area contributed by atoms with Gasteiger partial charge in [0.15, 0.2) is 16.9 Å². The fourth-order valence-electron chi connectivity index (χ4n) is 8.17. The van der Waals surface area contributed by atoms with E-state index in [0.29, 0.717) is 47.2 Å². The number of aryl methyl sites for hydroxylation is 3. The van der Waals surface area contributed by atoms with Crippen LogP contribution >= 0.6 is 0 Å². The van der Waals surface area contributed by atoms with Crippen molar-refractivity contribution in [2.45, 2.75) is 63.4 Å². The molecule has 0 fully saturated rings. The number of ether oxygens (including phenoxy) is 4. The predicted octanol–water partition coefficient (Wildman–Crippen LogP) is 7.27. The Balaban J connectivity index is 0.931. The monoisotopic (exact) mass is 791 g/mol. The third-order valence-corrected chi connectivity index (χ3v) is 12.3. The topological polar surface area (TPSA) is 144 Å². The Morgan fingerprint density at radius 2 is 1.40 bits per heavy atom. The molecular formula is C44H45N3O9S. The maximum atomic E-state index is 13.9. The third-order valence-electron chi connectivity index (χ3n) is 11.3. The second-order valence-corrected chi connectivity index (χ2v) is 16.5. The number of methoxy groups -OCH3 is 2. The molecular weight excluding hydrogens is 747 g/mol. The van der Waals surface area contributed by atoms with Gasteiger partial charge in [0.1, 0.15) is 11.5 Å². The summed E-state index contributed by atoms with van der Waals surface area (Å²) in [6.45, 7) is 4.44. The summed E-state index contributed by atoms with van der Waals surface area (Å²) in [4.78, 5) is 31.0. The molecule has 4 heterocycles. The van der Waals surface area contributed by atoms with Gasteiger partial charge >= 0.3 is 0 Å². The molecule has 4 aliphatic rings. The Labute approximate surface area is 332 Å². The lowest BCUT2D eigenvalue weighted by Crippen LogP contribution is -2.46. The maximum Gasteiger partial charge on any atom is 0.288 e. The number of carbonyl (C=O) groups excluding carboxylic acids is 2. The summed E-state index contributed by atoms with van der Waals surface area (Å²) in [7, 11) is -1.52. The van der Waals surface area contributed by atoms with Crippen LogP contribution in [0.1, 0.15) is 74.2 Å². The van der Waals surface area contributed by atoms with Gasteiger partial charge < -0.3 is 34.1 Å². The first-order valence-corrected chi connectivity index (χ1v) is 20.5. The molecule has 0 aliphatic carbocycles. The van der Waals surface area contributed by atoms with Crippen molar-refractivity contribution < 1.29 is 41.5 Å². The molecule has 2 N–H and O–H groups in total. The quantitative estimate of drug-likeness (QED) is 0.118. The van der Waals surface area contributed by atoms with Gasteiger partial charge in [-0.15, -0.1) is 0 Å². The van der Waals surface area contributed by atoms with E-state index in [4.69, 9.17) is 18.9 Å². The number of fused-ring (bicyclic) bond motifs is 4. The van der Waals surface area contributed by atoms with Crippen LogP contribution in [0.25, 0.3) is 11.1 Å². The number of rotatable bonds is 11. The first-order chi connectivity index (χ1) is 27.4. The average Bonchev–Trinajstić information content (AvgIpc) is 3.79. The van der Waals surface area contributed by atoms with Gasteiger partial charge in [0.2, 0.25) is 0 Å². The Morgan fingerprint density at radius 3 is 2.09 bits per heavy atom. The van der Waals surface area contributed by atoms with Gasteiger partial charge in [0.25, 0.3) is 21.9 Å². The minimum atomic E-state index is -4.64. The predicted molar refractivity (Wildman–Crippen MR) is 216 cm³/mol. The van der Waals surface area contributed by atoms with E-state index in [1.165, 1.54) is 10.5 Å². The molecule has 13 heteroatoms. The highest BCUT2D eigenvalue weighted by molar-refractivity contribution is 7.86. The van der Waals surface area contributed by atoms with Crippen LogP contribution in [0.3, 0.4) is 0 Å². The first kappa shape index (κ1) is 38.1. The lowest BCUT2D eigenvalue weighted by Gasteiger charge is -2.26. The van der Waals surface area contributed by atoms with E-state index in [1.54, 1.807) is 50.8 Å². The highest BCUT2D eigenvalue weighted by atomic mass is 32.2. The summed E-state index contributed by atoms with van der Waals surface area (Å²) in [5, 5.41) is 1.47. The molecule has 296 valence electrons. The van der Waals surface area contributed by atoms with Crippen molar-refractivity contribution in [2.24, 2.45) is 0 Å². The molecule has 0 aromatic heterocycles. The Hall–Kier alpha value is -5.79. The summed E-state index contributed by atoms with van der Waals surface area (Å²) >= 11 is 0. The number of anilines is 1. The zero-order chi connectivity index (χ0) is 40.0. The number of carbonyl (C=O) groups is 2. The second kappa shape index (κ2) is 15.3. The normalized spacial score (nSPS) is 19.9. The SMILES string of the molecule is COc1ccc(C2=CN3C(=O)c4cc(C)c(OCCCOc5cc6c(cc5OC)C(=O)N5C=C(c7ccc(C)cc7)C[C@@H]5CC6)cc4NC(S(=O)(=O)O)[C@@H]3C2)cc1. The molecule has 57 heavy (non-hydrogen) atoms. The van der Waals surface area contributed by atoms with Crippen molar-refractivity contribution in [3.05, 3.63) is 124 Å². The highest BCUT2D eigenvalue weighted by Gasteiger charge is 2.45. The number of benzene rings is 4. The number of amides is 2. The van der Waals surface area contributed by atoms with E-state index in [9.17, 15) is 22.6 Å². The van der Waals surface area contributed by atoms with Crippen LogP contribution in [0.4, 0.5) is 5.69 Å². The molecule has 0 saturated heterocycles. The molecule has 0 radical (unpaired) electrons. The van der Waals surface area contributed by atoms with Crippen molar-refractivity contribution in [2.75, 3.05) is 32.8 Å². The number of nitrogens with one attached hydrogen (secondary N) is 1. The van der Waals surface area contributed by atoms with Gasteiger partial charge in [0, 0.05) is 36.5 Å². The zero-order valence-electron chi connectivity index (χ0n) is 32.3. The molecule has 0 spiro atoms. The lowest BCUT2D eigenvalue weighted by atomic mass is 9.97. The van der Waals surface area contributed by atoms with Crippen LogP contribution in [0.15, 0.2) is 85.2 Å². The van der Waals surface area contributed by atoms with Gasteiger partial charge in [-0.25, -0.2) is 0 Å². The highest BCUT2D eigenvalue weighted by Crippen LogP contribution is 2.41. The van der Waals surface area contributed by atoms with Gasteiger partial charge in [-0.3, -0.25) is 14.1 Å². The fourth-order valence-corrected chi connectivity index (χ4v) is 9.07. The molecule has 3 atom stereocenters. The summed E-state index contributed by atoms with van der Waals surface area (Å²) in [6.07, 6.45) is 6.72. The molecule has 4 aliphatic heterocycles. The van der Waals surface area contributed by atoms with Crippen molar-refractivity contribution in [1.82, 2.24) is 9.80 Å². The standard InChI is InChI=1S/C44H45N3O9S/c1-26-6-8-28(9-7-26)31-19-33-13-10-30-21-41(40(54-4)22-35(30)43(48)46(33)24-31)56-17-5-16-55-39-23-37-36(18-27(39)2)44(49)47-25-32(29-11-14-34(53-3)15-12-29)20-38(47)42(45-37)57(50,51)52/h6-9,11-12,14-15,18,21-25,33,38,42,45H,5,10,13,16-17,19-20H2,1-4H3,(H,50,51,52)/t33-,38-,42?/m0/s1. The molecule has 0 bridgehead atoms. The molecule has 4 aromatic rings. The minimum absolute atomic E-state index is 0.0433. The van der Waals surface area contributed by atoms with Gasteiger partial charge in [-0.1, -0.05) is 42.0 Å². The molecule has 8 rings (SSSR count). The largest absolute Gasteiger partial charge is 0.497 e. The fraction of sp³-hybridized carbons (Fsp3) is 0.318. The number of nitrogens with zero attached hydrogens (tertiary/aromatic N) is 2. The maximum absolute atomic E-state index is 13.9. The zero-order valence-corrected chi connectivity index (χ0v) is 33.1. The van der Waals surface area contributed by atoms with Crippen molar-refractivity contribution in [1.29, 1.82) is 0 Å². The first-order valence-electron chi connectivity index (χ1n) is 19.0. The third kappa shape index (κ3) is 7.44. The Morgan fingerprint density at radius 1 is 0.754 bits per heavy atom. The van der Waals surface area contributed by atoms with E-state index in [2.05, 4.69) is 36.5 Å². The smallest absolute Gasteiger partial charge is 0.288 e. The molecule has 2 amide bonds. The van der Waals surface area contributed by atoms with Crippen LogP contribution in [-0.4, -0.2) is 79.5 Å². The lowest BCUT2D eigenvalue weighted by molar-refractivity contribution is 0.0781. The average molecular weight is 792 g/mol. The van der Waals surface area contributed by atoms with Crippen LogP contribution in [0, 0.1) is 13.8 Å². The van der Waals surface area contributed by atoms with Crippen molar-refractivity contribution in [3.8, 4) is 23.0 Å². The van der Waals surface area contributed by atoms with E-state index in [1.807, 2.05) is 36.2 Å². The summed E-state index contributed by atoms with van der Waals surface area (Å²) in [5.74, 6) is 1.72. The van der Waals surface area contributed by atoms with Crippen LogP contribution in [0.5, 0.6) is 23.0 Å². The van der Waals surface area contributed by atoms with Gasteiger partial charge in [-0.05, 0) is 103 Å². The van der Waals surface area contributed by atoms with E-state index in [0.717, 1.165) is 47.1 Å². The van der Waals surface area contributed by atoms with Crippen LogP contribution < -0.4 is 24.3 Å². The molecule has 12 nitrogen and oxygen atoms in total. The summed E-state index contributed by atoms with van der Waals surface area (Å²) in [6, 6.07) is 21.9. The minimum Gasteiger partial charge on any atom is -0.497 e. The van der Waals surface area contributed by atoms with Crippen LogP contribution in [-0.2, 0) is 16.5 Å². The van der Waals surface area contributed by atoms with Gasteiger partial charge in [0.05, 0.1) is 44.7 Å².